The maximum atomic E-state index is 9.69. The lowest BCUT2D eigenvalue weighted by atomic mass is 10.1. The second kappa shape index (κ2) is 6.68. The van der Waals surface area contributed by atoms with Gasteiger partial charge in [-0.3, -0.25) is 0 Å². The number of hydrogen-bond acceptors (Lipinski definition) is 3. The zero-order valence-corrected chi connectivity index (χ0v) is 11.4. The molecule has 1 unspecified atom stereocenters. The van der Waals surface area contributed by atoms with Crippen LogP contribution in [0.5, 0.6) is 0 Å². The van der Waals surface area contributed by atoms with Gasteiger partial charge in [0, 0.05) is 10.6 Å². The Labute approximate surface area is 108 Å². The maximum Gasteiger partial charge on any atom is 0.0992 e. The number of thioether (sulfide) groups is 1. The SMILES string of the molecule is CCC(C)CSc1cc(C#N)ccc1[C@@H](C)O. The Bertz CT molecular complexity index is 409. The summed E-state index contributed by atoms with van der Waals surface area (Å²) in [6.07, 6.45) is 0.664. The highest BCUT2D eigenvalue weighted by Gasteiger charge is 2.10. The smallest absolute Gasteiger partial charge is 0.0992 e. The second-order valence-corrected chi connectivity index (χ2v) is 5.43. The van der Waals surface area contributed by atoms with Gasteiger partial charge in [-0.15, -0.1) is 11.8 Å². The molecular weight excluding hydrogens is 230 g/mol. The molecule has 0 amide bonds. The molecular formula is C14H19NOS. The van der Waals surface area contributed by atoms with Gasteiger partial charge in [-0.1, -0.05) is 26.3 Å². The van der Waals surface area contributed by atoms with E-state index in [-0.39, 0.29) is 0 Å². The van der Waals surface area contributed by atoms with Crippen molar-refractivity contribution in [2.45, 2.75) is 38.2 Å². The van der Waals surface area contributed by atoms with Crippen molar-refractivity contribution in [3.8, 4) is 6.07 Å². The Hall–Kier alpha value is -0.980. The first-order chi connectivity index (χ1) is 8.08. The molecule has 0 aliphatic rings. The predicted molar refractivity (Wildman–Crippen MR) is 72.0 cm³/mol. The summed E-state index contributed by atoms with van der Waals surface area (Å²) in [5.74, 6) is 1.66. The second-order valence-electron chi connectivity index (χ2n) is 4.36. The van der Waals surface area contributed by atoms with Crippen molar-refractivity contribution >= 4 is 11.8 Å². The molecule has 0 fully saturated rings. The third-order valence-corrected chi connectivity index (χ3v) is 4.21. The van der Waals surface area contributed by atoms with Gasteiger partial charge in [-0.2, -0.15) is 5.26 Å². The number of benzene rings is 1. The highest BCUT2D eigenvalue weighted by atomic mass is 32.2. The van der Waals surface area contributed by atoms with E-state index in [1.54, 1.807) is 24.8 Å². The van der Waals surface area contributed by atoms with Crippen molar-refractivity contribution in [3.63, 3.8) is 0 Å². The molecule has 0 radical (unpaired) electrons. The minimum atomic E-state index is -0.484. The van der Waals surface area contributed by atoms with E-state index >= 15 is 0 Å². The standard InChI is InChI=1S/C14H19NOS/c1-4-10(2)9-17-14-7-12(8-15)5-6-13(14)11(3)16/h5-7,10-11,16H,4,9H2,1-3H3/t10?,11-/m1/s1. The molecule has 1 N–H and O–H groups in total. The van der Waals surface area contributed by atoms with Crippen molar-refractivity contribution in [1.82, 2.24) is 0 Å². The molecule has 1 rings (SSSR count). The highest BCUT2D eigenvalue weighted by Crippen LogP contribution is 2.30. The molecule has 3 heteroatoms. The summed E-state index contributed by atoms with van der Waals surface area (Å²) in [5.41, 5.74) is 1.57. The first-order valence-corrected chi connectivity index (χ1v) is 6.92. The van der Waals surface area contributed by atoms with Gasteiger partial charge in [0.25, 0.3) is 0 Å². The van der Waals surface area contributed by atoms with Gasteiger partial charge < -0.3 is 5.11 Å². The number of aliphatic hydroxyl groups excluding tert-OH is 1. The maximum absolute atomic E-state index is 9.69. The van der Waals surface area contributed by atoms with Gasteiger partial charge in [-0.25, -0.2) is 0 Å². The minimum absolute atomic E-state index is 0.484. The molecule has 1 aromatic rings. The normalized spacial score (nSPS) is 14.1. The fourth-order valence-electron chi connectivity index (χ4n) is 1.42. The third kappa shape index (κ3) is 4.07. The molecule has 0 saturated heterocycles. The molecule has 0 bridgehead atoms. The van der Waals surface area contributed by atoms with Crippen LogP contribution in [-0.2, 0) is 0 Å². The number of hydrogen-bond donors (Lipinski definition) is 1. The molecule has 2 nitrogen and oxygen atoms in total. The van der Waals surface area contributed by atoms with Crippen LogP contribution in [0.1, 0.15) is 44.4 Å². The average Bonchev–Trinajstić information content (AvgIpc) is 2.35. The Balaban J connectivity index is 2.90. The topological polar surface area (TPSA) is 44.0 Å². The summed E-state index contributed by atoms with van der Waals surface area (Å²) in [6, 6.07) is 7.62. The van der Waals surface area contributed by atoms with Gasteiger partial charge >= 0.3 is 0 Å². The summed E-state index contributed by atoms with van der Waals surface area (Å²) in [6.45, 7) is 6.14. The lowest BCUT2D eigenvalue weighted by Gasteiger charge is -2.14. The number of nitriles is 1. The van der Waals surface area contributed by atoms with Crippen LogP contribution < -0.4 is 0 Å². The summed E-state index contributed by atoms with van der Waals surface area (Å²) in [5, 5.41) is 18.6. The van der Waals surface area contributed by atoms with Crippen molar-refractivity contribution in [1.29, 1.82) is 5.26 Å². The molecule has 0 aliphatic heterocycles. The Morgan fingerprint density at radius 1 is 1.41 bits per heavy atom. The molecule has 0 spiro atoms. The van der Waals surface area contributed by atoms with Gasteiger partial charge in [0.2, 0.25) is 0 Å². The van der Waals surface area contributed by atoms with Gasteiger partial charge in [0.1, 0.15) is 0 Å². The fraction of sp³-hybridized carbons (Fsp3) is 0.500. The van der Waals surface area contributed by atoms with Crippen molar-refractivity contribution < 1.29 is 5.11 Å². The van der Waals surface area contributed by atoms with Crippen LogP contribution in [0.2, 0.25) is 0 Å². The zero-order valence-electron chi connectivity index (χ0n) is 10.6. The first kappa shape index (κ1) is 14.1. The van der Waals surface area contributed by atoms with Gasteiger partial charge in [-0.05, 0) is 30.5 Å². The molecule has 0 aliphatic carbocycles. The quantitative estimate of drug-likeness (QED) is 0.808. The predicted octanol–water partition coefficient (Wildman–Crippen LogP) is 3.75. The van der Waals surface area contributed by atoms with E-state index in [0.29, 0.717) is 11.5 Å². The number of nitrogens with zero attached hydrogens (tertiary/aromatic N) is 1. The zero-order chi connectivity index (χ0) is 12.8. The van der Waals surface area contributed by atoms with Gasteiger partial charge in [0.05, 0.1) is 17.7 Å². The Morgan fingerprint density at radius 2 is 2.12 bits per heavy atom. The van der Waals surface area contributed by atoms with Crippen LogP contribution >= 0.6 is 11.8 Å². The largest absolute Gasteiger partial charge is 0.389 e. The lowest BCUT2D eigenvalue weighted by Crippen LogP contribution is -1.99. The van der Waals surface area contributed by atoms with E-state index in [2.05, 4.69) is 19.9 Å². The van der Waals surface area contributed by atoms with Gasteiger partial charge in [0.15, 0.2) is 0 Å². The van der Waals surface area contributed by atoms with E-state index in [4.69, 9.17) is 5.26 Å². The average molecular weight is 249 g/mol. The van der Waals surface area contributed by atoms with E-state index in [9.17, 15) is 5.11 Å². The van der Waals surface area contributed by atoms with Crippen molar-refractivity contribution in [3.05, 3.63) is 29.3 Å². The van der Waals surface area contributed by atoms with E-state index in [1.165, 1.54) is 0 Å². The lowest BCUT2D eigenvalue weighted by molar-refractivity contribution is 0.196. The van der Waals surface area contributed by atoms with E-state index in [1.807, 2.05) is 12.1 Å². The minimum Gasteiger partial charge on any atom is -0.389 e. The Kier molecular flexibility index (Phi) is 5.54. The van der Waals surface area contributed by atoms with Crippen molar-refractivity contribution in [2.75, 3.05) is 5.75 Å². The summed E-state index contributed by atoms with van der Waals surface area (Å²) in [4.78, 5) is 1.03. The molecule has 0 heterocycles. The van der Waals surface area contributed by atoms with E-state index < -0.39 is 6.10 Å². The van der Waals surface area contributed by atoms with Crippen LogP contribution in [0.3, 0.4) is 0 Å². The van der Waals surface area contributed by atoms with Crippen LogP contribution in [0.25, 0.3) is 0 Å². The van der Waals surface area contributed by atoms with Crippen LogP contribution in [0, 0.1) is 17.2 Å². The van der Waals surface area contributed by atoms with Crippen LogP contribution in [-0.4, -0.2) is 10.9 Å². The third-order valence-electron chi connectivity index (χ3n) is 2.81. The summed E-state index contributed by atoms with van der Waals surface area (Å²) < 4.78 is 0. The summed E-state index contributed by atoms with van der Waals surface area (Å²) >= 11 is 1.73. The molecule has 17 heavy (non-hydrogen) atoms. The number of aliphatic hydroxyl groups is 1. The molecule has 0 aromatic heterocycles. The molecule has 92 valence electrons. The highest BCUT2D eigenvalue weighted by molar-refractivity contribution is 7.99. The van der Waals surface area contributed by atoms with Crippen LogP contribution in [0.4, 0.5) is 0 Å². The monoisotopic (exact) mass is 249 g/mol. The number of rotatable bonds is 5. The summed E-state index contributed by atoms with van der Waals surface area (Å²) in [7, 11) is 0. The molecule has 2 atom stereocenters. The Morgan fingerprint density at radius 3 is 2.65 bits per heavy atom. The van der Waals surface area contributed by atoms with E-state index in [0.717, 1.165) is 22.6 Å². The van der Waals surface area contributed by atoms with Crippen molar-refractivity contribution in [2.24, 2.45) is 5.92 Å². The first-order valence-electron chi connectivity index (χ1n) is 5.93. The fourth-order valence-corrected chi connectivity index (χ4v) is 2.74. The molecule has 1 aromatic carbocycles. The molecule has 0 saturated carbocycles. The van der Waals surface area contributed by atoms with Crippen LogP contribution in [0.15, 0.2) is 23.1 Å².